The number of nitrogens with zero attached hydrogens (tertiary/aromatic N) is 1. The fourth-order valence-electron chi connectivity index (χ4n) is 4.70. The van der Waals surface area contributed by atoms with Crippen LogP contribution in [0.25, 0.3) is 23.1 Å². The molecule has 0 spiro atoms. The first-order valence-corrected chi connectivity index (χ1v) is 13.8. The second kappa shape index (κ2) is 14.4. The van der Waals surface area contributed by atoms with Gasteiger partial charge in [0.15, 0.2) is 0 Å². The fourth-order valence-corrected chi connectivity index (χ4v) is 4.89. The smallest absolute Gasteiger partial charge is 0.323 e. The summed E-state index contributed by atoms with van der Waals surface area (Å²) in [4.78, 5) is 22.7. The molecule has 0 aliphatic heterocycles. The normalized spacial score (nSPS) is 11.5. The van der Waals surface area contributed by atoms with Gasteiger partial charge < -0.3 is 24.3 Å². The zero-order valence-electron chi connectivity index (χ0n) is 23.1. The Kier molecular flexibility index (Phi) is 10.4. The van der Waals surface area contributed by atoms with Crippen LogP contribution in [0.3, 0.4) is 0 Å². The molecular formula is C33H31ClFNO6. The summed E-state index contributed by atoms with van der Waals surface area (Å²) in [6, 6.07) is 17.7. The molecule has 0 saturated carbocycles. The van der Waals surface area contributed by atoms with E-state index >= 15 is 4.39 Å². The summed E-state index contributed by atoms with van der Waals surface area (Å²) in [6.07, 6.45) is 7.98. The van der Waals surface area contributed by atoms with Gasteiger partial charge in [0.2, 0.25) is 0 Å². The van der Waals surface area contributed by atoms with E-state index in [-0.39, 0.29) is 13.0 Å². The van der Waals surface area contributed by atoms with Gasteiger partial charge in [0.1, 0.15) is 37.1 Å². The molecule has 9 heteroatoms. The molecular weight excluding hydrogens is 561 g/mol. The number of halogens is 2. The van der Waals surface area contributed by atoms with Crippen molar-refractivity contribution in [3.63, 3.8) is 0 Å². The number of carbonyl (C=O) groups is 2. The maximum Gasteiger partial charge on any atom is 0.323 e. The number of hydrogen-bond acceptors (Lipinski definition) is 4. The number of carboxylic acids is 2. The molecule has 0 unspecified atom stereocenters. The maximum atomic E-state index is 15.1. The van der Waals surface area contributed by atoms with Gasteiger partial charge in [0.05, 0.1) is 10.5 Å². The number of aliphatic carboxylic acids is 2. The van der Waals surface area contributed by atoms with Crippen molar-refractivity contribution in [2.75, 3.05) is 13.2 Å². The number of carboxylic acid groups (broad SMARTS) is 2. The van der Waals surface area contributed by atoms with Gasteiger partial charge in [-0.15, -0.1) is 0 Å². The molecule has 1 aromatic heterocycles. The molecule has 0 radical (unpaired) electrons. The molecule has 0 aliphatic carbocycles. The van der Waals surface area contributed by atoms with Gasteiger partial charge in [-0.05, 0) is 85.0 Å². The first-order valence-electron chi connectivity index (χ1n) is 13.4. The minimum absolute atomic E-state index is 0.0553. The summed E-state index contributed by atoms with van der Waals surface area (Å²) in [7, 11) is 0. The highest BCUT2D eigenvalue weighted by Gasteiger charge is 2.21. The molecule has 4 rings (SSSR count). The molecule has 1 heterocycles. The Morgan fingerprint density at radius 1 is 0.929 bits per heavy atom. The number of rotatable bonds is 14. The largest absolute Gasteiger partial charge is 0.490 e. The van der Waals surface area contributed by atoms with Crippen molar-refractivity contribution < 1.29 is 33.7 Å². The van der Waals surface area contributed by atoms with Crippen LogP contribution in [0.5, 0.6) is 11.5 Å². The van der Waals surface area contributed by atoms with E-state index in [4.69, 9.17) is 26.2 Å². The van der Waals surface area contributed by atoms with E-state index in [9.17, 15) is 14.7 Å². The molecule has 3 aromatic carbocycles. The number of para-hydroxylation sites is 1. The Bertz CT molecular complexity index is 1620. The monoisotopic (exact) mass is 591 g/mol. The summed E-state index contributed by atoms with van der Waals surface area (Å²) < 4.78 is 28.0. The van der Waals surface area contributed by atoms with Gasteiger partial charge in [-0.25, -0.2) is 4.39 Å². The maximum absolute atomic E-state index is 15.1. The fraction of sp³-hybridized carbons (Fsp3) is 0.212. The van der Waals surface area contributed by atoms with Crippen molar-refractivity contribution in [1.29, 1.82) is 0 Å². The lowest BCUT2D eigenvalue weighted by molar-refractivity contribution is -0.138. The molecule has 218 valence electrons. The van der Waals surface area contributed by atoms with Crippen LogP contribution < -0.4 is 9.47 Å². The highest BCUT2D eigenvalue weighted by atomic mass is 35.5. The Labute approximate surface area is 248 Å². The molecule has 4 aromatic rings. The third-order valence-corrected chi connectivity index (χ3v) is 7.01. The van der Waals surface area contributed by atoms with E-state index in [0.29, 0.717) is 70.3 Å². The van der Waals surface area contributed by atoms with Crippen LogP contribution in [0.4, 0.5) is 4.39 Å². The van der Waals surface area contributed by atoms with Gasteiger partial charge in [0, 0.05) is 17.5 Å². The van der Waals surface area contributed by atoms with Crippen molar-refractivity contribution in [2.45, 2.75) is 32.7 Å². The molecule has 0 saturated heterocycles. The van der Waals surface area contributed by atoms with Crippen LogP contribution in [0.1, 0.15) is 35.2 Å². The van der Waals surface area contributed by atoms with E-state index in [2.05, 4.69) is 0 Å². The van der Waals surface area contributed by atoms with E-state index in [1.807, 2.05) is 60.7 Å². The molecule has 0 amide bonds. The van der Waals surface area contributed by atoms with E-state index in [1.54, 1.807) is 29.7 Å². The summed E-state index contributed by atoms with van der Waals surface area (Å²) in [5.74, 6) is -1.14. The van der Waals surface area contributed by atoms with Gasteiger partial charge >= 0.3 is 11.9 Å². The second-order valence-electron chi connectivity index (χ2n) is 9.58. The van der Waals surface area contributed by atoms with Gasteiger partial charge in [-0.2, -0.15) is 0 Å². The van der Waals surface area contributed by atoms with Crippen molar-refractivity contribution >= 4 is 46.6 Å². The zero-order valence-corrected chi connectivity index (χ0v) is 23.8. The molecule has 0 fully saturated rings. The molecule has 2 N–H and O–H groups in total. The topological polar surface area (TPSA) is 98.0 Å². The molecule has 0 bridgehead atoms. The predicted molar refractivity (Wildman–Crippen MR) is 162 cm³/mol. The van der Waals surface area contributed by atoms with E-state index in [1.165, 1.54) is 6.07 Å². The summed E-state index contributed by atoms with van der Waals surface area (Å²) in [6.45, 7) is 2.14. The Balaban J connectivity index is 1.45. The third-order valence-electron chi connectivity index (χ3n) is 6.70. The van der Waals surface area contributed by atoms with Gasteiger partial charge in [-0.1, -0.05) is 48.0 Å². The molecule has 0 atom stereocenters. The standard InChI is InChI=1S/C33H31ClFNO6/c1-22-26(7-6-10-30(37)38)32-28(35)18-15-24(33(32)36(22)21-31(39)40)14-11-23-12-16-25(17-13-23)41-19-4-5-20-42-29-9-3-2-8-27(29)34/h2-5,8-9,11-18H,6-7,10,19-21H2,1H3,(H,37,38)(H,39,40)/b5-4+,14-11?. The minimum Gasteiger partial charge on any atom is -0.490 e. The quantitative estimate of drug-likeness (QED) is 0.117. The number of ether oxygens (including phenoxy) is 2. The van der Waals surface area contributed by atoms with Crippen molar-refractivity contribution in [3.05, 3.63) is 106 Å². The number of hydrogen-bond donors (Lipinski definition) is 2. The van der Waals surface area contributed by atoms with Gasteiger partial charge in [-0.3, -0.25) is 9.59 Å². The zero-order chi connectivity index (χ0) is 30.1. The lowest BCUT2D eigenvalue weighted by Gasteiger charge is -2.08. The number of benzene rings is 3. The van der Waals surface area contributed by atoms with Crippen molar-refractivity contribution in [1.82, 2.24) is 4.57 Å². The average molecular weight is 592 g/mol. The number of aromatic nitrogens is 1. The average Bonchev–Trinajstić information content (AvgIpc) is 3.23. The molecule has 0 aliphatic rings. The summed E-state index contributed by atoms with van der Waals surface area (Å²) >= 11 is 6.07. The van der Waals surface area contributed by atoms with E-state index < -0.39 is 17.8 Å². The summed E-state index contributed by atoms with van der Waals surface area (Å²) in [5, 5.41) is 19.4. The number of aryl methyl sites for hydroxylation is 1. The number of fused-ring (bicyclic) bond motifs is 1. The van der Waals surface area contributed by atoms with Crippen LogP contribution in [-0.2, 0) is 22.6 Å². The Morgan fingerprint density at radius 3 is 2.33 bits per heavy atom. The van der Waals surface area contributed by atoms with Crippen molar-refractivity contribution in [2.24, 2.45) is 0 Å². The van der Waals surface area contributed by atoms with Crippen LogP contribution in [0, 0.1) is 12.7 Å². The highest BCUT2D eigenvalue weighted by molar-refractivity contribution is 6.32. The third kappa shape index (κ3) is 7.79. The first kappa shape index (κ1) is 30.4. The second-order valence-corrected chi connectivity index (χ2v) is 9.98. The SMILES string of the molecule is Cc1c(CCCC(=O)O)c2c(F)ccc(C=Cc3ccc(OC/C=C/COc4ccccc4Cl)cc3)c2n1CC(=O)O. The van der Waals surface area contributed by atoms with Crippen LogP contribution >= 0.6 is 11.6 Å². The van der Waals surface area contributed by atoms with Crippen LogP contribution in [0.15, 0.2) is 72.8 Å². The lowest BCUT2D eigenvalue weighted by atomic mass is 10.0. The Hall–Kier alpha value is -4.56. The first-order chi connectivity index (χ1) is 20.2. The highest BCUT2D eigenvalue weighted by Crippen LogP contribution is 2.33. The van der Waals surface area contributed by atoms with Crippen LogP contribution in [-0.4, -0.2) is 39.9 Å². The lowest BCUT2D eigenvalue weighted by Crippen LogP contribution is -2.10. The Morgan fingerprint density at radius 2 is 1.64 bits per heavy atom. The minimum atomic E-state index is -1.05. The molecule has 7 nitrogen and oxygen atoms in total. The predicted octanol–water partition coefficient (Wildman–Crippen LogP) is 7.42. The van der Waals surface area contributed by atoms with Crippen molar-refractivity contribution in [3.8, 4) is 11.5 Å². The van der Waals surface area contributed by atoms with Gasteiger partial charge in [0.25, 0.3) is 0 Å². The molecule has 42 heavy (non-hydrogen) atoms. The van der Waals surface area contributed by atoms with Crippen LogP contribution in [0.2, 0.25) is 5.02 Å². The van der Waals surface area contributed by atoms with E-state index in [0.717, 1.165) is 5.56 Å². The summed E-state index contributed by atoms with van der Waals surface area (Å²) in [5.41, 5.74) is 3.25.